The number of hydrogen-bond donors (Lipinski definition) is 0. The second-order valence-corrected chi connectivity index (χ2v) is 3.74. The van der Waals surface area contributed by atoms with Crippen molar-refractivity contribution in [2.24, 2.45) is 0 Å². The molecule has 0 aliphatic carbocycles. The molecular formula is C13H13N3O2. The van der Waals surface area contributed by atoms with Gasteiger partial charge < -0.3 is 9.30 Å². The highest BCUT2D eigenvalue weighted by Crippen LogP contribution is 2.16. The molecule has 0 aliphatic rings. The van der Waals surface area contributed by atoms with Crippen LogP contribution in [0.4, 0.5) is 0 Å². The molecular weight excluding hydrogens is 230 g/mol. The van der Waals surface area contributed by atoms with Crippen LogP contribution in [0.1, 0.15) is 12.7 Å². The number of nitrogens with zero attached hydrogens (tertiary/aromatic N) is 3. The lowest BCUT2D eigenvalue weighted by Gasteiger charge is -2.06. The lowest BCUT2D eigenvalue weighted by molar-refractivity contribution is -0.143. The average Bonchev–Trinajstić information content (AvgIpc) is 2.69. The van der Waals surface area contributed by atoms with Gasteiger partial charge in [-0.2, -0.15) is 5.26 Å². The number of carbonyl (C=O) groups excluding carboxylic acids is 1. The summed E-state index contributed by atoms with van der Waals surface area (Å²) in [6.07, 6.45) is 0.175. The summed E-state index contributed by atoms with van der Waals surface area (Å²) in [7, 11) is 0. The van der Waals surface area contributed by atoms with E-state index in [-0.39, 0.29) is 18.9 Å². The fraction of sp³-hybridized carbons (Fsp3) is 0.308. The summed E-state index contributed by atoms with van der Waals surface area (Å²) in [5.74, 6) is 0.270. The van der Waals surface area contributed by atoms with E-state index in [4.69, 9.17) is 10.00 Å². The summed E-state index contributed by atoms with van der Waals surface area (Å²) >= 11 is 0. The Balaban J connectivity index is 2.42. The molecule has 5 nitrogen and oxygen atoms in total. The summed E-state index contributed by atoms with van der Waals surface area (Å²) < 4.78 is 6.66. The third-order valence-corrected chi connectivity index (χ3v) is 2.56. The van der Waals surface area contributed by atoms with Crippen LogP contribution in [-0.4, -0.2) is 22.1 Å². The molecule has 0 atom stereocenters. The maximum Gasteiger partial charge on any atom is 0.326 e. The molecule has 1 aromatic carbocycles. The maximum absolute atomic E-state index is 11.6. The molecule has 0 N–H and O–H groups in total. The first kappa shape index (κ1) is 12.1. The van der Waals surface area contributed by atoms with Crippen LogP contribution < -0.4 is 0 Å². The van der Waals surface area contributed by atoms with Crippen LogP contribution in [0.3, 0.4) is 0 Å². The van der Waals surface area contributed by atoms with Gasteiger partial charge in [-0.1, -0.05) is 12.1 Å². The van der Waals surface area contributed by atoms with Crippen molar-refractivity contribution in [2.45, 2.75) is 19.9 Å². The number of rotatable bonds is 4. The molecule has 0 amide bonds. The molecule has 92 valence electrons. The highest BCUT2D eigenvalue weighted by molar-refractivity contribution is 5.79. The van der Waals surface area contributed by atoms with Crippen molar-refractivity contribution < 1.29 is 9.53 Å². The zero-order valence-electron chi connectivity index (χ0n) is 10.1. The second kappa shape index (κ2) is 5.32. The van der Waals surface area contributed by atoms with E-state index in [2.05, 4.69) is 11.1 Å². The van der Waals surface area contributed by atoms with Gasteiger partial charge in [0.2, 0.25) is 0 Å². The Labute approximate surface area is 105 Å². The fourth-order valence-electron chi connectivity index (χ4n) is 1.84. The Bertz CT molecular complexity index is 610. The Hall–Kier alpha value is -2.35. The SMILES string of the molecule is CCOC(=O)Cn1c(CC#N)nc2ccccc21. The standard InChI is InChI=1S/C13H13N3O2/c1-2-18-13(17)9-16-11-6-4-3-5-10(11)15-12(16)7-8-14/h3-6H,2,7,9H2,1H3. The molecule has 2 rings (SSSR count). The third-order valence-electron chi connectivity index (χ3n) is 2.56. The van der Waals surface area contributed by atoms with Gasteiger partial charge in [-0.15, -0.1) is 0 Å². The van der Waals surface area contributed by atoms with Gasteiger partial charge in [-0.05, 0) is 19.1 Å². The van der Waals surface area contributed by atoms with Crippen molar-refractivity contribution in [3.63, 3.8) is 0 Å². The number of carbonyl (C=O) groups is 1. The molecule has 0 saturated carbocycles. The van der Waals surface area contributed by atoms with Crippen LogP contribution in [-0.2, 0) is 22.5 Å². The summed E-state index contributed by atoms with van der Waals surface area (Å²) in [4.78, 5) is 15.9. The van der Waals surface area contributed by atoms with Crippen molar-refractivity contribution in [3.05, 3.63) is 30.1 Å². The van der Waals surface area contributed by atoms with E-state index in [1.54, 1.807) is 11.5 Å². The zero-order chi connectivity index (χ0) is 13.0. The van der Waals surface area contributed by atoms with E-state index in [9.17, 15) is 4.79 Å². The van der Waals surface area contributed by atoms with Crippen LogP contribution in [0.5, 0.6) is 0 Å². The largest absolute Gasteiger partial charge is 0.465 e. The molecule has 0 fully saturated rings. The van der Waals surface area contributed by atoms with Crippen LogP contribution in [0.15, 0.2) is 24.3 Å². The van der Waals surface area contributed by atoms with Gasteiger partial charge in [-0.3, -0.25) is 4.79 Å². The summed E-state index contributed by atoms with van der Waals surface area (Å²) in [6.45, 7) is 2.20. The molecule has 0 radical (unpaired) electrons. The minimum atomic E-state index is -0.320. The van der Waals surface area contributed by atoms with Crippen molar-refractivity contribution >= 4 is 17.0 Å². The van der Waals surface area contributed by atoms with Gasteiger partial charge in [0.05, 0.1) is 30.1 Å². The van der Waals surface area contributed by atoms with Crippen LogP contribution >= 0.6 is 0 Å². The van der Waals surface area contributed by atoms with Crippen molar-refractivity contribution in [2.75, 3.05) is 6.61 Å². The Morgan fingerprint density at radius 2 is 2.28 bits per heavy atom. The van der Waals surface area contributed by atoms with Crippen molar-refractivity contribution in [1.82, 2.24) is 9.55 Å². The van der Waals surface area contributed by atoms with Crippen LogP contribution in [0.25, 0.3) is 11.0 Å². The Kier molecular flexibility index (Phi) is 3.58. The minimum Gasteiger partial charge on any atom is -0.465 e. The normalized spacial score (nSPS) is 10.2. The van der Waals surface area contributed by atoms with E-state index in [1.807, 2.05) is 24.3 Å². The summed E-state index contributed by atoms with van der Waals surface area (Å²) in [6, 6.07) is 9.54. The predicted molar refractivity (Wildman–Crippen MR) is 65.7 cm³/mol. The van der Waals surface area contributed by atoms with E-state index < -0.39 is 0 Å². The predicted octanol–water partition coefficient (Wildman–Crippen LogP) is 1.67. The molecule has 0 aliphatic heterocycles. The summed E-state index contributed by atoms with van der Waals surface area (Å²) in [5, 5.41) is 8.79. The molecule has 1 aromatic heterocycles. The molecule has 0 saturated heterocycles. The topological polar surface area (TPSA) is 67.9 Å². The van der Waals surface area contributed by atoms with Gasteiger partial charge in [0.15, 0.2) is 0 Å². The molecule has 0 bridgehead atoms. The lowest BCUT2D eigenvalue weighted by atomic mass is 10.3. The minimum absolute atomic E-state index is 0.0887. The first-order valence-electron chi connectivity index (χ1n) is 5.73. The summed E-state index contributed by atoms with van der Waals surface area (Å²) in [5.41, 5.74) is 1.63. The van der Waals surface area contributed by atoms with Gasteiger partial charge in [0.25, 0.3) is 0 Å². The quantitative estimate of drug-likeness (QED) is 0.766. The smallest absolute Gasteiger partial charge is 0.326 e. The number of benzene rings is 1. The van der Waals surface area contributed by atoms with Gasteiger partial charge in [0, 0.05) is 0 Å². The number of para-hydroxylation sites is 2. The third kappa shape index (κ3) is 2.33. The number of imidazole rings is 1. The van der Waals surface area contributed by atoms with E-state index >= 15 is 0 Å². The first-order chi connectivity index (χ1) is 8.76. The number of aromatic nitrogens is 2. The number of nitriles is 1. The fourth-order valence-corrected chi connectivity index (χ4v) is 1.84. The molecule has 2 aromatic rings. The number of fused-ring (bicyclic) bond motifs is 1. The van der Waals surface area contributed by atoms with E-state index in [1.165, 1.54) is 0 Å². The highest BCUT2D eigenvalue weighted by atomic mass is 16.5. The monoisotopic (exact) mass is 243 g/mol. The van der Waals surface area contributed by atoms with Gasteiger partial charge >= 0.3 is 5.97 Å². The Morgan fingerprint density at radius 1 is 1.50 bits per heavy atom. The molecule has 5 heteroatoms. The van der Waals surface area contributed by atoms with Gasteiger partial charge in [0.1, 0.15) is 12.4 Å². The van der Waals surface area contributed by atoms with Crippen LogP contribution in [0, 0.1) is 11.3 Å². The molecule has 0 spiro atoms. The first-order valence-corrected chi connectivity index (χ1v) is 5.73. The van der Waals surface area contributed by atoms with Gasteiger partial charge in [-0.25, -0.2) is 4.98 Å². The van der Waals surface area contributed by atoms with Crippen molar-refractivity contribution in [1.29, 1.82) is 5.26 Å². The van der Waals surface area contributed by atoms with E-state index in [0.29, 0.717) is 12.4 Å². The molecule has 18 heavy (non-hydrogen) atoms. The highest BCUT2D eigenvalue weighted by Gasteiger charge is 2.13. The van der Waals surface area contributed by atoms with Crippen LogP contribution in [0.2, 0.25) is 0 Å². The number of hydrogen-bond acceptors (Lipinski definition) is 4. The maximum atomic E-state index is 11.6. The van der Waals surface area contributed by atoms with E-state index in [0.717, 1.165) is 11.0 Å². The number of ether oxygens (including phenoxy) is 1. The lowest BCUT2D eigenvalue weighted by Crippen LogP contribution is -2.15. The molecule has 1 heterocycles. The zero-order valence-corrected chi connectivity index (χ0v) is 10.1. The average molecular weight is 243 g/mol. The number of esters is 1. The second-order valence-electron chi connectivity index (χ2n) is 3.74. The van der Waals surface area contributed by atoms with Crippen molar-refractivity contribution in [3.8, 4) is 6.07 Å². The Morgan fingerprint density at radius 3 is 3.00 bits per heavy atom. The molecule has 0 unspecified atom stereocenters.